The van der Waals surface area contributed by atoms with Gasteiger partial charge in [0.05, 0.1) is 6.61 Å². The lowest BCUT2D eigenvalue weighted by molar-refractivity contribution is -0.143. The third kappa shape index (κ3) is 7.14. The number of nitrogens with one attached hydrogen (secondary N) is 1. The van der Waals surface area contributed by atoms with Crippen molar-refractivity contribution in [3.63, 3.8) is 0 Å². The molecule has 1 amide bonds. The van der Waals surface area contributed by atoms with Gasteiger partial charge in [-0.25, -0.2) is 0 Å². The molecular formula is C15H20ClNO3. The lowest BCUT2D eigenvalue weighted by Gasteiger charge is -2.06. The third-order valence-corrected chi connectivity index (χ3v) is 2.93. The lowest BCUT2D eigenvalue weighted by atomic mass is 10.2. The minimum atomic E-state index is -0.238. The number of ether oxygens (including phenoxy) is 1. The van der Waals surface area contributed by atoms with E-state index in [-0.39, 0.29) is 18.3 Å². The van der Waals surface area contributed by atoms with E-state index in [0.29, 0.717) is 30.2 Å². The van der Waals surface area contributed by atoms with Gasteiger partial charge in [-0.1, -0.05) is 24.9 Å². The first-order valence-electron chi connectivity index (χ1n) is 6.83. The van der Waals surface area contributed by atoms with Gasteiger partial charge >= 0.3 is 5.97 Å². The normalized spacial score (nSPS) is 10.1. The van der Waals surface area contributed by atoms with Crippen molar-refractivity contribution in [1.82, 2.24) is 0 Å². The van der Waals surface area contributed by atoms with Crippen LogP contribution in [0, 0.1) is 0 Å². The minimum absolute atomic E-state index is 0.117. The number of carbonyl (C=O) groups is 2. The van der Waals surface area contributed by atoms with Gasteiger partial charge in [-0.15, -0.1) is 0 Å². The number of hydrogen-bond acceptors (Lipinski definition) is 3. The number of benzene rings is 1. The van der Waals surface area contributed by atoms with E-state index in [1.165, 1.54) is 0 Å². The Morgan fingerprint density at radius 3 is 2.50 bits per heavy atom. The van der Waals surface area contributed by atoms with E-state index in [0.717, 1.165) is 12.8 Å². The molecule has 0 saturated carbocycles. The Bertz CT molecular complexity index is 431. The maximum atomic E-state index is 11.6. The van der Waals surface area contributed by atoms with Gasteiger partial charge in [0.25, 0.3) is 0 Å². The average molecular weight is 298 g/mol. The first-order chi connectivity index (χ1) is 9.61. The molecule has 110 valence electrons. The summed E-state index contributed by atoms with van der Waals surface area (Å²) in [5.74, 6) is -0.355. The second-order valence-corrected chi connectivity index (χ2v) is 4.92. The molecule has 1 aromatic rings. The van der Waals surface area contributed by atoms with E-state index in [9.17, 15) is 9.59 Å². The van der Waals surface area contributed by atoms with Crippen LogP contribution in [-0.4, -0.2) is 18.5 Å². The van der Waals surface area contributed by atoms with E-state index in [1.807, 2.05) is 6.92 Å². The van der Waals surface area contributed by atoms with Gasteiger partial charge < -0.3 is 10.1 Å². The van der Waals surface area contributed by atoms with Crippen LogP contribution in [0.2, 0.25) is 5.02 Å². The zero-order valence-electron chi connectivity index (χ0n) is 11.7. The van der Waals surface area contributed by atoms with Crippen molar-refractivity contribution in [3.05, 3.63) is 29.3 Å². The van der Waals surface area contributed by atoms with Gasteiger partial charge in [-0.05, 0) is 37.1 Å². The molecule has 1 aromatic carbocycles. The van der Waals surface area contributed by atoms with E-state index in [2.05, 4.69) is 5.32 Å². The maximum Gasteiger partial charge on any atom is 0.305 e. The molecule has 1 rings (SSSR count). The minimum Gasteiger partial charge on any atom is -0.466 e. The zero-order valence-corrected chi connectivity index (χ0v) is 12.4. The molecule has 0 aromatic heterocycles. The molecule has 5 heteroatoms. The predicted octanol–water partition coefficient (Wildman–Crippen LogP) is 3.79. The fourth-order valence-corrected chi connectivity index (χ4v) is 1.68. The van der Waals surface area contributed by atoms with Crippen LogP contribution < -0.4 is 5.32 Å². The van der Waals surface area contributed by atoms with E-state index >= 15 is 0 Å². The molecule has 0 bridgehead atoms. The van der Waals surface area contributed by atoms with Crippen molar-refractivity contribution >= 4 is 29.2 Å². The van der Waals surface area contributed by atoms with Crippen LogP contribution in [-0.2, 0) is 14.3 Å². The summed E-state index contributed by atoms with van der Waals surface area (Å²) in [6.07, 6.45) is 2.94. The highest BCUT2D eigenvalue weighted by Gasteiger charge is 2.06. The molecule has 4 nitrogen and oxygen atoms in total. The topological polar surface area (TPSA) is 55.4 Å². The van der Waals surface area contributed by atoms with Gasteiger partial charge in [0.1, 0.15) is 0 Å². The number of hydrogen-bond donors (Lipinski definition) is 1. The Labute approximate surface area is 124 Å². The Balaban J connectivity index is 2.17. The summed E-state index contributed by atoms with van der Waals surface area (Å²) in [4.78, 5) is 23.0. The van der Waals surface area contributed by atoms with Crippen molar-refractivity contribution in [3.8, 4) is 0 Å². The average Bonchev–Trinajstić information content (AvgIpc) is 2.42. The van der Waals surface area contributed by atoms with E-state index < -0.39 is 0 Å². The first-order valence-corrected chi connectivity index (χ1v) is 7.20. The number of amides is 1. The largest absolute Gasteiger partial charge is 0.466 e. The second-order valence-electron chi connectivity index (χ2n) is 4.48. The SMILES string of the molecule is CCCCOC(=O)CCCC(=O)Nc1ccc(Cl)cc1. The Hall–Kier alpha value is -1.55. The number of rotatable bonds is 8. The number of carbonyl (C=O) groups excluding carboxylic acids is 2. The van der Waals surface area contributed by atoms with Crippen LogP contribution in [0.3, 0.4) is 0 Å². The molecule has 0 heterocycles. The molecule has 0 spiro atoms. The summed E-state index contributed by atoms with van der Waals surface area (Å²) in [5, 5.41) is 3.37. The molecule has 0 aliphatic heterocycles. The fraction of sp³-hybridized carbons (Fsp3) is 0.467. The van der Waals surface area contributed by atoms with Crippen LogP contribution in [0.5, 0.6) is 0 Å². The molecule has 0 aliphatic carbocycles. The standard InChI is InChI=1S/C15H20ClNO3/c1-2-3-11-20-15(19)6-4-5-14(18)17-13-9-7-12(16)8-10-13/h7-10H,2-6,11H2,1H3,(H,17,18). The van der Waals surface area contributed by atoms with Crippen molar-refractivity contribution < 1.29 is 14.3 Å². The maximum absolute atomic E-state index is 11.6. The summed E-state index contributed by atoms with van der Waals surface area (Å²) in [7, 11) is 0. The first kappa shape index (κ1) is 16.5. The van der Waals surface area contributed by atoms with E-state index in [1.54, 1.807) is 24.3 Å². The quantitative estimate of drug-likeness (QED) is 0.586. The molecule has 0 aliphatic rings. The summed E-state index contributed by atoms with van der Waals surface area (Å²) in [6.45, 7) is 2.50. The molecule has 0 unspecified atom stereocenters. The highest BCUT2D eigenvalue weighted by molar-refractivity contribution is 6.30. The van der Waals surface area contributed by atoms with Gasteiger partial charge in [0.15, 0.2) is 0 Å². The molecular weight excluding hydrogens is 278 g/mol. The smallest absolute Gasteiger partial charge is 0.305 e. The molecule has 0 fully saturated rings. The lowest BCUT2D eigenvalue weighted by Crippen LogP contribution is -2.12. The van der Waals surface area contributed by atoms with Crippen LogP contribution in [0.1, 0.15) is 39.0 Å². The predicted molar refractivity (Wildman–Crippen MR) is 79.8 cm³/mol. The summed E-state index contributed by atoms with van der Waals surface area (Å²) in [6, 6.07) is 6.89. The summed E-state index contributed by atoms with van der Waals surface area (Å²) >= 11 is 5.75. The number of halogens is 1. The molecule has 0 atom stereocenters. The van der Waals surface area contributed by atoms with Gasteiger partial charge in [-0.2, -0.15) is 0 Å². The number of anilines is 1. The summed E-state index contributed by atoms with van der Waals surface area (Å²) in [5.41, 5.74) is 0.699. The molecule has 1 N–H and O–H groups in total. The van der Waals surface area contributed by atoms with Gasteiger partial charge in [0, 0.05) is 23.6 Å². The number of unbranched alkanes of at least 4 members (excludes halogenated alkanes) is 1. The highest BCUT2D eigenvalue weighted by atomic mass is 35.5. The number of esters is 1. The van der Waals surface area contributed by atoms with Gasteiger partial charge in [0.2, 0.25) is 5.91 Å². The monoisotopic (exact) mass is 297 g/mol. The van der Waals surface area contributed by atoms with Crippen LogP contribution in [0.15, 0.2) is 24.3 Å². The Morgan fingerprint density at radius 1 is 1.15 bits per heavy atom. The van der Waals surface area contributed by atoms with Gasteiger partial charge in [-0.3, -0.25) is 9.59 Å². The Kier molecular flexibility index (Phi) is 7.73. The fourth-order valence-electron chi connectivity index (χ4n) is 1.55. The Morgan fingerprint density at radius 2 is 1.85 bits per heavy atom. The highest BCUT2D eigenvalue weighted by Crippen LogP contribution is 2.13. The molecule has 0 radical (unpaired) electrons. The van der Waals surface area contributed by atoms with E-state index in [4.69, 9.17) is 16.3 Å². The zero-order chi connectivity index (χ0) is 14.8. The van der Waals surface area contributed by atoms with Crippen molar-refractivity contribution in [2.24, 2.45) is 0 Å². The van der Waals surface area contributed by atoms with Crippen LogP contribution >= 0.6 is 11.6 Å². The van der Waals surface area contributed by atoms with Crippen molar-refractivity contribution in [1.29, 1.82) is 0 Å². The van der Waals surface area contributed by atoms with Crippen molar-refractivity contribution in [2.45, 2.75) is 39.0 Å². The third-order valence-electron chi connectivity index (χ3n) is 2.67. The summed E-state index contributed by atoms with van der Waals surface area (Å²) < 4.78 is 5.01. The second kappa shape index (κ2) is 9.37. The van der Waals surface area contributed by atoms with Crippen molar-refractivity contribution in [2.75, 3.05) is 11.9 Å². The molecule has 20 heavy (non-hydrogen) atoms. The van der Waals surface area contributed by atoms with Crippen LogP contribution in [0.25, 0.3) is 0 Å². The van der Waals surface area contributed by atoms with Crippen LogP contribution in [0.4, 0.5) is 5.69 Å². The molecule has 0 saturated heterocycles.